The van der Waals surface area contributed by atoms with Crippen LogP contribution in [-0.2, 0) is 24.9 Å². The predicted molar refractivity (Wildman–Crippen MR) is 114 cm³/mol. The summed E-state index contributed by atoms with van der Waals surface area (Å²) in [6.45, 7) is 20.1. The molecule has 0 aliphatic heterocycles. The number of benzene rings is 1. The topological polar surface area (TPSA) is 45.5 Å². The van der Waals surface area contributed by atoms with E-state index in [2.05, 4.69) is 38.5 Å². The zero-order valence-electron chi connectivity index (χ0n) is 17.6. The van der Waals surface area contributed by atoms with Crippen LogP contribution in [0.2, 0.25) is 19.6 Å². The SMILES string of the molecule is CC(=O)/C=C(/C)O.[C-]#[N+]c1c(F)cc([CH2-])c(-c2cc([Si](C)(C)C)cc[n+]2[CH2-])c1F.[Ir]. The third kappa shape index (κ3) is 7.10. The quantitative estimate of drug-likeness (QED) is 0.178. The van der Waals surface area contributed by atoms with Crippen LogP contribution in [0.25, 0.3) is 16.1 Å². The summed E-state index contributed by atoms with van der Waals surface area (Å²) in [5, 5.41) is 9.48. The minimum atomic E-state index is -1.61. The van der Waals surface area contributed by atoms with Crippen molar-refractivity contribution in [3.63, 3.8) is 0 Å². The molecule has 0 saturated carbocycles. The summed E-state index contributed by atoms with van der Waals surface area (Å²) in [7, 11) is 2.24. The largest absolute Gasteiger partial charge is 0.512 e. The summed E-state index contributed by atoms with van der Waals surface area (Å²) < 4.78 is 29.7. The van der Waals surface area contributed by atoms with Crippen LogP contribution in [0.5, 0.6) is 0 Å². The van der Waals surface area contributed by atoms with E-state index in [4.69, 9.17) is 11.7 Å². The van der Waals surface area contributed by atoms with Crippen LogP contribution >= 0.6 is 0 Å². The Morgan fingerprint density at radius 2 is 1.83 bits per heavy atom. The second-order valence-electron chi connectivity index (χ2n) is 7.58. The molecule has 0 unspecified atom stereocenters. The molecule has 1 radical (unpaired) electrons. The Kier molecular flexibility index (Phi) is 10.2. The first-order valence-electron chi connectivity index (χ1n) is 8.76. The van der Waals surface area contributed by atoms with E-state index in [1.165, 1.54) is 24.5 Å². The number of hydrogen-bond acceptors (Lipinski definition) is 2. The Morgan fingerprint density at radius 3 is 2.23 bits per heavy atom. The van der Waals surface area contributed by atoms with Gasteiger partial charge < -0.3 is 9.67 Å². The summed E-state index contributed by atoms with van der Waals surface area (Å²) >= 11 is 0. The third-order valence-electron chi connectivity index (χ3n) is 3.96. The van der Waals surface area contributed by atoms with Crippen LogP contribution in [0.3, 0.4) is 0 Å². The molecule has 0 amide bonds. The van der Waals surface area contributed by atoms with Crippen LogP contribution in [0.15, 0.2) is 36.2 Å². The molecule has 0 bridgehead atoms. The molecule has 0 saturated heterocycles. The van der Waals surface area contributed by atoms with E-state index in [0.717, 1.165) is 11.3 Å². The van der Waals surface area contributed by atoms with E-state index in [0.29, 0.717) is 5.69 Å². The van der Waals surface area contributed by atoms with Gasteiger partial charge in [0.05, 0.1) is 43.9 Å². The van der Waals surface area contributed by atoms with Gasteiger partial charge in [0.15, 0.2) is 5.78 Å². The fraction of sp³-hybridized carbons (Fsp3) is 0.227. The Labute approximate surface area is 191 Å². The summed E-state index contributed by atoms with van der Waals surface area (Å²) in [4.78, 5) is 13.0. The first kappa shape index (κ1) is 27.5. The van der Waals surface area contributed by atoms with Gasteiger partial charge in [-0.1, -0.05) is 42.5 Å². The molecule has 4 nitrogen and oxygen atoms in total. The number of pyridine rings is 1. The van der Waals surface area contributed by atoms with Crippen molar-refractivity contribution in [1.82, 2.24) is 0 Å². The van der Waals surface area contributed by atoms with Crippen molar-refractivity contribution in [2.24, 2.45) is 0 Å². The number of hydrogen-bond donors (Lipinski definition) is 1. The molecule has 163 valence electrons. The molecule has 1 heterocycles. The number of aliphatic hydroxyl groups excluding tert-OH is 1. The van der Waals surface area contributed by atoms with Crippen molar-refractivity contribution in [3.05, 3.63) is 78.8 Å². The van der Waals surface area contributed by atoms with Gasteiger partial charge in [0.2, 0.25) is 5.69 Å². The number of carbonyl (C=O) groups excluding carboxylic acids is 1. The van der Waals surface area contributed by atoms with Gasteiger partial charge in [-0.05, 0) is 13.8 Å². The Hall–Kier alpha value is -2.46. The third-order valence-corrected chi connectivity index (χ3v) is 6.00. The fourth-order valence-electron chi connectivity index (χ4n) is 2.54. The van der Waals surface area contributed by atoms with Gasteiger partial charge in [0.1, 0.15) is 0 Å². The number of halogens is 2. The molecule has 1 aromatic heterocycles. The maximum Gasteiger partial charge on any atom is 0.232 e. The molecular weight excluding hydrogens is 583 g/mol. The number of aromatic nitrogens is 1. The molecule has 30 heavy (non-hydrogen) atoms. The molecule has 1 aromatic carbocycles. The first-order chi connectivity index (χ1) is 13.3. The van der Waals surface area contributed by atoms with Gasteiger partial charge >= 0.3 is 0 Å². The van der Waals surface area contributed by atoms with Crippen LogP contribution in [0, 0.1) is 32.2 Å². The maximum absolute atomic E-state index is 14.6. The smallest absolute Gasteiger partial charge is 0.232 e. The zero-order valence-corrected chi connectivity index (χ0v) is 21.0. The minimum absolute atomic E-state index is 0. The van der Waals surface area contributed by atoms with Crippen LogP contribution in [0.1, 0.15) is 19.4 Å². The van der Waals surface area contributed by atoms with Crippen LogP contribution < -0.4 is 9.75 Å². The molecular formula is C22H25F2IrN2O2Si-. The van der Waals surface area contributed by atoms with Crippen LogP contribution in [0.4, 0.5) is 14.5 Å². The van der Waals surface area contributed by atoms with Gasteiger partial charge in [-0.2, -0.15) is 12.5 Å². The molecule has 0 aliphatic carbocycles. The van der Waals surface area contributed by atoms with Crippen molar-refractivity contribution < 1.29 is 43.4 Å². The van der Waals surface area contributed by atoms with E-state index in [1.807, 2.05) is 12.1 Å². The van der Waals surface area contributed by atoms with Gasteiger partial charge in [-0.3, -0.25) is 4.79 Å². The zero-order chi connectivity index (χ0) is 22.5. The van der Waals surface area contributed by atoms with Gasteiger partial charge in [-0.25, -0.2) is 13.6 Å². The number of rotatable bonds is 3. The second kappa shape index (κ2) is 11.1. The maximum atomic E-state index is 14.6. The summed E-state index contributed by atoms with van der Waals surface area (Å²) in [5.41, 5.74) is 0.211. The van der Waals surface area contributed by atoms with Gasteiger partial charge in [0.25, 0.3) is 0 Å². The van der Waals surface area contributed by atoms with Crippen molar-refractivity contribution >= 4 is 24.7 Å². The standard InChI is InChI=1S/C17H17F2N2Si.C5H8O2.Ir/c1-11-9-13(18)17(20-2)16(19)15(11)14-10-12(22(4,5)6)7-8-21(14)3;1-4(6)3-5(2)7;/h7-10H,1,3H2,4-6H3;3,6H,1-2H3;/q-1;;/b;4-3-;. The van der Waals surface area contributed by atoms with E-state index in [1.54, 1.807) is 6.20 Å². The number of allylic oxidation sites excluding steroid dienone is 2. The van der Waals surface area contributed by atoms with Crippen molar-refractivity contribution in [2.45, 2.75) is 33.5 Å². The predicted octanol–water partition coefficient (Wildman–Crippen LogP) is 4.87. The second-order valence-corrected chi connectivity index (χ2v) is 12.7. The molecule has 0 aliphatic rings. The van der Waals surface area contributed by atoms with E-state index < -0.39 is 25.4 Å². The molecule has 8 heteroatoms. The Morgan fingerprint density at radius 1 is 1.27 bits per heavy atom. The van der Waals surface area contributed by atoms with Gasteiger partial charge in [-0.15, -0.1) is 6.07 Å². The van der Waals surface area contributed by atoms with Crippen molar-refractivity contribution in [2.75, 3.05) is 0 Å². The van der Waals surface area contributed by atoms with E-state index >= 15 is 0 Å². The molecule has 0 spiro atoms. The fourth-order valence-corrected chi connectivity index (χ4v) is 3.69. The number of ketones is 1. The Balaban J connectivity index is 0.000000909. The van der Waals surface area contributed by atoms with E-state index in [-0.39, 0.29) is 42.8 Å². The van der Waals surface area contributed by atoms with Crippen molar-refractivity contribution in [3.8, 4) is 11.3 Å². The molecule has 2 aromatic rings. The average Bonchev–Trinajstić information content (AvgIpc) is 2.54. The average molecular weight is 608 g/mol. The molecule has 1 N–H and O–H groups in total. The number of nitrogens with zero attached hydrogens (tertiary/aromatic N) is 2. The van der Waals surface area contributed by atoms with Gasteiger partial charge in [0, 0.05) is 33.2 Å². The number of aliphatic hydroxyl groups is 1. The minimum Gasteiger partial charge on any atom is -0.512 e. The summed E-state index contributed by atoms with van der Waals surface area (Å²) in [5.74, 6) is -1.84. The summed E-state index contributed by atoms with van der Waals surface area (Å²) in [6.07, 6.45) is 2.92. The van der Waals surface area contributed by atoms with Crippen LogP contribution in [-0.4, -0.2) is 19.0 Å². The normalized spacial score (nSPS) is 10.9. The summed E-state index contributed by atoms with van der Waals surface area (Å²) in [6, 6.07) is 4.91. The monoisotopic (exact) mass is 608 g/mol. The Bertz CT molecular complexity index is 1010. The molecule has 0 fully saturated rings. The molecule has 2 rings (SSSR count). The molecule has 0 atom stereocenters. The van der Waals surface area contributed by atoms with Crippen molar-refractivity contribution in [1.29, 1.82) is 0 Å². The van der Waals surface area contributed by atoms with E-state index in [9.17, 15) is 13.6 Å². The first-order valence-corrected chi connectivity index (χ1v) is 12.3. The number of carbonyl (C=O) groups is 1.